The molecule has 0 radical (unpaired) electrons. The monoisotopic (exact) mass is 267 g/mol. The van der Waals surface area contributed by atoms with Crippen LogP contribution in [0.5, 0.6) is 11.5 Å². The number of hydrogen-bond donors (Lipinski definition) is 2. The van der Waals surface area contributed by atoms with Crippen LogP contribution in [0.3, 0.4) is 0 Å². The molecule has 4 nitrogen and oxygen atoms in total. The molecule has 0 fully saturated rings. The van der Waals surface area contributed by atoms with E-state index < -0.39 is 0 Å². The van der Waals surface area contributed by atoms with Gasteiger partial charge in [0, 0.05) is 25.3 Å². The number of aliphatic hydroxyl groups excluding tert-OH is 1. The Hall–Kier alpha value is -1.26. The molecule has 19 heavy (non-hydrogen) atoms. The maximum absolute atomic E-state index is 9.29. The zero-order valence-electron chi connectivity index (χ0n) is 12.3. The lowest BCUT2D eigenvalue weighted by molar-refractivity contribution is 0.186. The maximum atomic E-state index is 9.29. The molecule has 0 amide bonds. The third-order valence-electron chi connectivity index (χ3n) is 3.39. The van der Waals surface area contributed by atoms with Crippen LogP contribution in [0.25, 0.3) is 0 Å². The predicted molar refractivity (Wildman–Crippen MR) is 76.7 cm³/mol. The van der Waals surface area contributed by atoms with Crippen molar-refractivity contribution < 1.29 is 14.6 Å². The summed E-state index contributed by atoms with van der Waals surface area (Å²) in [5.41, 5.74) is 1.06. The molecule has 1 aromatic carbocycles. The fraction of sp³-hybridized carbons (Fsp3) is 0.600. The minimum Gasteiger partial charge on any atom is -0.497 e. The van der Waals surface area contributed by atoms with Crippen molar-refractivity contribution in [1.82, 2.24) is 5.32 Å². The van der Waals surface area contributed by atoms with Gasteiger partial charge >= 0.3 is 0 Å². The Balaban J connectivity index is 2.60. The van der Waals surface area contributed by atoms with Crippen LogP contribution >= 0.6 is 0 Å². The molecule has 0 bridgehead atoms. The van der Waals surface area contributed by atoms with E-state index in [0.717, 1.165) is 23.6 Å². The second-order valence-corrected chi connectivity index (χ2v) is 5.00. The van der Waals surface area contributed by atoms with Gasteiger partial charge in [0.15, 0.2) is 0 Å². The molecule has 0 aliphatic heterocycles. The lowest BCUT2D eigenvalue weighted by Gasteiger charge is -2.19. The molecule has 2 N–H and O–H groups in total. The second kappa shape index (κ2) is 8.02. The van der Waals surface area contributed by atoms with Crippen LogP contribution in [0.15, 0.2) is 18.2 Å². The number of methoxy groups -OCH3 is 2. The Labute approximate surface area is 115 Å². The van der Waals surface area contributed by atoms with E-state index in [0.29, 0.717) is 12.5 Å². The van der Waals surface area contributed by atoms with Gasteiger partial charge in [-0.25, -0.2) is 0 Å². The average molecular weight is 267 g/mol. The first-order chi connectivity index (χ1) is 9.12. The molecule has 1 unspecified atom stereocenters. The quantitative estimate of drug-likeness (QED) is 0.757. The zero-order valence-corrected chi connectivity index (χ0v) is 12.3. The maximum Gasteiger partial charge on any atom is 0.123 e. The van der Waals surface area contributed by atoms with Gasteiger partial charge in [-0.05, 0) is 30.0 Å². The van der Waals surface area contributed by atoms with Gasteiger partial charge in [0.25, 0.3) is 0 Å². The third kappa shape index (κ3) is 4.73. The van der Waals surface area contributed by atoms with Crippen LogP contribution in [0.1, 0.15) is 19.4 Å². The summed E-state index contributed by atoms with van der Waals surface area (Å²) in [7, 11) is 3.32. The van der Waals surface area contributed by atoms with E-state index in [1.54, 1.807) is 14.2 Å². The van der Waals surface area contributed by atoms with Gasteiger partial charge in [-0.2, -0.15) is 0 Å². The molecule has 0 aliphatic rings. The van der Waals surface area contributed by atoms with Crippen LogP contribution in [-0.4, -0.2) is 32.5 Å². The van der Waals surface area contributed by atoms with Crippen molar-refractivity contribution >= 4 is 0 Å². The highest BCUT2D eigenvalue weighted by Gasteiger charge is 2.12. The van der Waals surface area contributed by atoms with Crippen molar-refractivity contribution in [1.29, 1.82) is 0 Å². The van der Waals surface area contributed by atoms with Crippen LogP contribution in [0, 0.1) is 11.8 Å². The van der Waals surface area contributed by atoms with Gasteiger partial charge in [0.1, 0.15) is 11.5 Å². The topological polar surface area (TPSA) is 50.7 Å². The number of rotatable bonds is 8. The first-order valence-electron chi connectivity index (χ1n) is 6.64. The minimum absolute atomic E-state index is 0.208. The first kappa shape index (κ1) is 15.8. The summed E-state index contributed by atoms with van der Waals surface area (Å²) in [6.07, 6.45) is 0. The van der Waals surface area contributed by atoms with E-state index in [4.69, 9.17) is 9.47 Å². The van der Waals surface area contributed by atoms with E-state index in [-0.39, 0.29) is 12.5 Å². The second-order valence-electron chi connectivity index (χ2n) is 5.00. The highest BCUT2D eigenvalue weighted by molar-refractivity contribution is 5.40. The molecule has 4 heteroatoms. The third-order valence-corrected chi connectivity index (χ3v) is 3.39. The fourth-order valence-electron chi connectivity index (χ4n) is 1.92. The van der Waals surface area contributed by atoms with Crippen molar-refractivity contribution in [3.05, 3.63) is 23.8 Å². The van der Waals surface area contributed by atoms with Gasteiger partial charge in [0.2, 0.25) is 0 Å². The Morgan fingerprint density at radius 3 is 2.47 bits per heavy atom. The molecule has 0 saturated heterocycles. The number of hydrogen-bond acceptors (Lipinski definition) is 4. The summed E-state index contributed by atoms with van der Waals surface area (Å²) in [6.45, 7) is 5.93. The lowest BCUT2D eigenvalue weighted by atomic mass is 9.97. The Bertz CT molecular complexity index is 380. The molecule has 0 aromatic heterocycles. The highest BCUT2D eigenvalue weighted by atomic mass is 16.5. The molecular formula is C15H25NO3. The molecule has 0 saturated carbocycles. The molecule has 1 atom stereocenters. The molecule has 108 valence electrons. The summed E-state index contributed by atoms with van der Waals surface area (Å²) < 4.78 is 10.5. The van der Waals surface area contributed by atoms with Crippen LogP contribution in [-0.2, 0) is 6.54 Å². The minimum atomic E-state index is 0.208. The van der Waals surface area contributed by atoms with Crippen molar-refractivity contribution in [3.63, 3.8) is 0 Å². The predicted octanol–water partition coefficient (Wildman–Crippen LogP) is 2.06. The van der Waals surface area contributed by atoms with Crippen molar-refractivity contribution in [2.24, 2.45) is 11.8 Å². The molecule has 0 heterocycles. The number of ether oxygens (including phenoxy) is 2. The van der Waals surface area contributed by atoms with E-state index in [2.05, 4.69) is 19.2 Å². The van der Waals surface area contributed by atoms with Gasteiger partial charge in [-0.15, -0.1) is 0 Å². The summed E-state index contributed by atoms with van der Waals surface area (Å²) in [5.74, 6) is 2.40. The molecule has 1 aromatic rings. The van der Waals surface area contributed by atoms with Gasteiger partial charge in [-0.3, -0.25) is 0 Å². The summed E-state index contributed by atoms with van der Waals surface area (Å²) >= 11 is 0. The first-order valence-corrected chi connectivity index (χ1v) is 6.64. The number of benzene rings is 1. The molecular weight excluding hydrogens is 242 g/mol. The normalized spacial score (nSPS) is 12.5. The zero-order chi connectivity index (χ0) is 14.3. The van der Waals surface area contributed by atoms with E-state index in [1.165, 1.54) is 0 Å². The van der Waals surface area contributed by atoms with Gasteiger partial charge in [0.05, 0.1) is 14.2 Å². The average Bonchev–Trinajstić information content (AvgIpc) is 2.42. The van der Waals surface area contributed by atoms with Gasteiger partial charge in [-0.1, -0.05) is 13.8 Å². The van der Waals surface area contributed by atoms with Crippen molar-refractivity contribution in [2.75, 3.05) is 27.4 Å². The Kier molecular flexibility index (Phi) is 6.67. The molecule has 0 spiro atoms. The van der Waals surface area contributed by atoms with E-state index >= 15 is 0 Å². The smallest absolute Gasteiger partial charge is 0.123 e. The Morgan fingerprint density at radius 1 is 1.21 bits per heavy atom. The lowest BCUT2D eigenvalue weighted by Crippen LogP contribution is -2.28. The largest absolute Gasteiger partial charge is 0.497 e. The standard InChI is InChI=1S/C15H25NO3/c1-11(2)13(10-17)9-16-8-12-7-14(18-3)5-6-15(12)19-4/h5-7,11,13,16-17H,8-10H2,1-4H3. The number of aliphatic hydroxyl groups is 1. The van der Waals surface area contributed by atoms with Crippen LogP contribution in [0.2, 0.25) is 0 Å². The highest BCUT2D eigenvalue weighted by Crippen LogP contribution is 2.23. The molecule has 1 rings (SSSR count). The summed E-state index contributed by atoms with van der Waals surface area (Å²) in [6, 6.07) is 5.75. The Morgan fingerprint density at radius 2 is 1.95 bits per heavy atom. The van der Waals surface area contributed by atoms with Gasteiger partial charge < -0.3 is 19.9 Å². The molecule has 0 aliphatic carbocycles. The van der Waals surface area contributed by atoms with Crippen molar-refractivity contribution in [2.45, 2.75) is 20.4 Å². The van der Waals surface area contributed by atoms with Crippen LogP contribution in [0.4, 0.5) is 0 Å². The number of nitrogens with one attached hydrogen (secondary N) is 1. The summed E-state index contributed by atoms with van der Waals surface area (Å²) in [5, 5.41) is 12.7. The van der Waals surface area contributed by atoms with E-state index in [9.17, 15) is 5.11 Å². The van der Waals surface area contributed by atoms with Crippen LogP contribution < -0.4 is 14.8 Å². The van der Waals surface area contributed by atoms with E-state index in [1.807, 2.05) is 18.2 Å². The van der Waals surface area contributed by atoms with Crippen molar-refractivity contribution in [3.8, 4) is 11.5 Å². The fourth-order valence-corrected chi connectivity index (χ4v) is 1.92. The summed E-state index contributed by atoms with van der Waals surface area (Å²) in [4.78, 5) is 0. The SMILES string of the molecule is COc1ccc(OC)c(CNCC(CO)C(C)C)c1.